The quantitative estimate of drug-likeness (QED) is 0.932. The monoisotopic (exact) mass is 314 g/mol. The summed E-state index contributed by atoms with van der Waals surface area (Å²) in [5, 5.41) is 3.60. The predicted molar refractivity (Wildman–Crippen MR) is 80.2 cm³/mol. The first kappa shape index (κ1) is 15.1. The van der Waals surface area contributed by atoms with E-state index in [9.17, 15) is 9.59 Å². The summed E-state index contributed by atoms with van der Waals surface area (Å²) in [6.45, 7) is 3.90. The van der Waals surface area contributed by atoms with Crippen molar-refractivity contribution in [1.29, 1.82) is 0 Å². The number of nitrogens with zero attached hydrogens (tertiary/aromatic N) is 1. The highest BCUT2D eigenvalue weighted by Crippen LogP contribution is 2.30. The molecule has 1 aliphatic heterocycles. The van der Waals surface area contributed by atoms with E-state index in [-0.39, 0.29) is 24.3 Å². The normalized spacial score (nSPS) is 20.8. The molecule has 1 aromatic carbocycles. The first-order valence-corrected chi connectivity index (χ1v) is 7.25. The summed E-state index contributed by atoms with van der Waals surface area (Å²) < 4.78 is 0. The van der Waals surface area contributed by atoms with Gasteiger partial charge < -0.3 is 5.32 Å². The van der Waals surface area contributed by atoms with Crippen LogP contribution in [0.15, 0.2) is 18.2 Å². The lowest BCUT2D eigenvalue weighted by atomic mass is 9.96. The van der Waals surface area contributed by atoms with Crippen LogP contribution in [0.3, 0.4) is 0 Å². The van der Waals surface area contributed by atoms with Gasteiger partial charge >= 0.3 is 0 Å². The smallest absolute Gasteiger partial charge is 0.250 e. The predicted octanol–water partition coefficient (Wildman–Crippen LogP) is 2.87. The molecular weight excluding hydrogens is 299 g/mol. The van der Waals surface area contributed by atoms with E-state index >= 15 is 0 Å². The number of anilines is 1. The van der Waals surface area contributed by atoms with Crippen LogP contribution in [0.2, 0.25) is 10.0 Å². The van der Waals surface area contributed by atoms with Crippen molar-refractivity contribution in [2.24, 2.45) is 5.92 Å². The third-order valence-corrected chi connectivity index (χ3v) is 4.10. The molecule has 108 valence electrons. The molecule has 0 radical (unpaired) electrons. The lowest BCUT2D eigenvalue weighted by Gasteiger charge is -2.35. The van der Waals surface area contributed by atoms with Gasteiger partial charge in [-0.1, -0.05) is 43.5 Å². The van der Waals surface area contributed by atoms with Crippen LogP contribution in [0.5, 0.6) is 0 Å². The number of hydrogen-bond acceptors (Lipinski definition) is 2. The summed E-state index contributed by atoms with van der Waals surface area (Å²) >= 11 is 12.0. The Morgan fingerprint density at radius 1 is 1.40 bits per heavy atom. The SMILES string of the molecule is CCC(C)C1NC(=O)CN(c2ccc(Cl)cc2Cl)C1=O. The van der Waals surface area contributed by atoms with Gasteiger partial charge in [0.1, 0.15) is 12.6 Å². The van der Waals surface area contributed by atoms with Crippen molar-refractivity contribution in [2.75, 3.05) is 11.4 Å². The minimum Gasteiger partial charge on any atom is -0.342 e. The maximum Gasteiger partial charge on any atom is 0.250 e. The molecule has 0 saturated carbocycles. The average Bonchev–Trinajstić information content (AvgIpc) is 2.40. The van der Waals surface area contributed by atoms with E-state index < -0.39 is 6.04 Å². The van der Waals surface area contributed by atoms with Gasteiger partial charge in [-0.15, -0.1) is 0 Å². The second-order valence-electron chi connectivity index (χ2n) is 4.95. The molecule has 2 amide bonds. The molecule has 0 aromatic heterocycles. The summed E-state index contributed by atoms with van der Waals surface area (Å²) in [5.41, 5.74) is 0.518. The molecule has 2 rings (SSSR count). The van der Waals surface area contributed by atoms with Crippen molar-refractivity contribution in [3.8, 4) is 0 Å². The molecule has 1 fully saturated rings. The van der Waals surface area contributed by atoms with Crippen LogP contribution in [-0.4, -0.2) is 24.4 Å². The molecule has 4 nitrogen and oxygen atoms in total. The van der Waals surface area contributed by atoms with Gasteiger partial charge in [0.2, 0.25) is 11.8 Å². The van der Waals surface area contributed by atoms with E-state index in [0.29, 0.717) is 15.7 Å². The van der Waals surface area contributed by atoms with Gasteiger partial charge in [-0.25, -0.2) is 0 Å². The standard InChI is InChI=1S/C14H16Cl2N2O2/c1-3-8(2)13-14(20)18(7-12(19)17-13)11-5-4-9(15)6-10(11)16/h4-6,8,13H,3,7H2,1-2H3,(H,17,19). The van der Waals surface area contributed by atoms with Gasteiger partial charge in [-0.3, -0.25) is 14.5 Å². The van der Waals surface area contributed by atoms with Crippen LogP contribution in [-0.2, 0) is 9.59 Å². The van der Waals surface area contributed by atoms with Crippen molar-refractivity contribution >= 4 is 40.7 Å². The van der Waals surface area contributed by atoms with Crippen LogP contribution in [0, 0.1) is 5.92 Å². The van der Waals surface area contributed by atoms with Crippen LogP contribution >= 0.6 is 23.2 Å². The van der Waals surface area contributed by atoms with Gasteiger partial charge in [-0.05, 0) is 24.1 Å². The van der Waals surface area contributed by atoms with Gasteiger partial charge in [0.05, 0.1) is 10.7 Å². The molecule has 0 spiro atoms. The van der Waals surface area contributed by atoms with Crippen LogP contribution in [0.4, 0.5) is 5.69 Å². The molecule has 2 atom stereocenters. The van der Waals surface area contributed by atoms with Gasteiger partial charge in [0, 0.05) is 5.02 Å². The summed E-state index contributed by atoms with van der Waals surface area (Å²) in [6, 6.07) is 4.37. The Kier molecular flexibility index (Phi) is 4.55. The Balaban J connectivity index is 2.35. The summed E-state index contributed by atoms with van der Waals surface area (Å²) in [6.07, 6.45) is 0.804. The second-order valence-corrected chi connectivity index (χ2v) is 5.79. The van der Waals surface area contributed by atoms with Gasteiger partial charge in [-0.2, -0.15) is 0 Å². The maximum absolute atomic E-state index is 12.5. The highest BCUT2D eigenvalue weighted by molar-refractivity contribution is 6.37. The third kappa shape index (κ3) is 2.91. The number of rotatable bonds is 3. The van der Waals surface area contributed by atoms with Crippen molar-refractivity contribution in [1.82, 2.24) is 5.32 Å². The lowest BCUT2D eigenvalue weighted by molar-refractivity contribution is -0.132. The fourth-order valence-corrected chi connectivity index (χ4v) is 2.71. The van der Waals surface area contributed by atoms with E-state index in [4.69, 9.17) is 23.2 Å². The fourth-order valence-electron chi connectivity index (χ4n) is 2.20. The third-order valence-electron chi connectivity index (χ3n) is 3.56. The number of nitrogens with one attached hydrogen (secondary N) is 1. The summed E-state index contributed by atoms with van der Waals surface area (Å²) in [4.78, 5) is 25.8. The molecule has 6 heteroatoms. The maximum atomic E-state index is 12.5. The Morgan fingerprint density at radius 2 is 2.10 bits per heavy atom. The topological polar surface area (TPSA) is 49.4 Å². The van der Waals surface area contributed by atoms with Crippen molar-refractivity contribution in [3.63, 3.8) is 0 Å². The largest absolute Gasteiger partial charge is 0.342 e. The van der Waals surface area contributed by atoms with Crippen LogP contribution < -0.4 is 10.2 Å². The molecular formula is C14H16Cl2N2O2. The zero-order valence-corrected chi connectivity index (χ0v) is 12.8. The van der Waals surface area contributed by atoms with E-state index in [0.717, 1.165) is 6.42 Å². The highest BCUT2D eigenvalue weighted by Gasteiger charge is 2.36. The Hall–Kier alpha value is -1.26. The highest BCUT2D eigenvalue weighted by atomic mass is 35.5. The fraction of sp³-hybridized carbons (Fsp3) is 0.429. The molecule has 1 saturated heterocycles. The van der Waals surface area contributed by atoms with Crippen molar-refractivity contribution < 1.29 is 9.59 Å². The molecule has 1 heterocycles. The van der Waals surface area contributed by atoms with Crippen molar-refractivity contribution in [3.05, 3.63) is 28.2 Å². The van der Waals surface area contributed by atoms with E-state index in [2.05, 4.69) is 5.32 Å². The number of amides is 2. The van der Waals surface area contributed by atoms with E-state index in [1.54, 1.807) is 18.2 Å². The van der Waals surface area contributed by atoms with Crippen molar-refractivity contribution in [2.45, 2.75) is 26.3 Å². The number of benzene rings is 1. The summed E-state index contributed by atoms with van der Waals surface area (Å²) in [7, 11) is 0. The Labute approximate surface area is 128 Å². The molecule has 1 aromatic rings. The van der Waals surface area contributed by atoms with E-state index in [1.165, 1.54) is 4.90 Å². The molecule has 0 aliphatic carbocycles. The number of carbonyl (C=O) groups excluding carboxylic acids is 2. The average molecular weight is 315 g/mol. The molecule has 1 N–H and O–H groups in total. The van der Waals surface area contributed by atoms with E-state index in [1.807, 2.05) is 13.8 Å². The minimum atomic E-state index is -0.506. The van der Waals surface area contributed by atoms with Gasteiger partial charge in [0.15, 0.2) is 0 Å². The number of hydrogen-bond donors (Lipinski definition) is 1. The second kappa shape index (κ2) is 6.02. The first-order valence-electron chi connectivity index (χ1n) is 6.49. The number of carbonyl (C=O) groups is 2. The molecule has 0 bridgehead atoms. The molecule has 2 unspecified atom stereocenters. The van der Waals surface area contributed by atoms with Crippen LogP contribution in [0.1, 0.15) is 20.3 Å². The number of halogens is 2. The van der Waals surface area contributed by atoms with Gasteiger partial charge in [0.25, 0.3) is 0 Å². The Bertz CT molecular complexity index is 548. The van der Waals surface area contributed by atoms with Crippen LogP contribution in [0.25, 0.3) is 0 Å². The minimum absolute atomic E-state index is 0.0207. The Morgan fingerprint density at radius 3 is 2.70 bits per heavy atom. The summed E-state index contributed by atoms with van der Waals surface area (Å²) in [5.74, 6) is -0.246. The molecule has 1 aliphatic rings. The lowest BCUT2D eigenvalue weighted by Crippen LogP contribution is -2.60. The number of piperazine rings is 1. The first-order chi connectivity index (χ1) is 9.43. The molecule has 20 heavy (non-hydrogen) atoms. The zero-order valence-electron chi connectivity index (χ0n) is 11.3. The zero-order chi connectivity index (χ0) is 14.9.